The average Bonchev–Trinajstić information content (AvgIpc) is 3.33. The molecular formula is C32H31N3O4. The van der Waals surface area contributed by atoms with Crippen molar-refractivity contribution in [2.75, 3.05) is 13.1 Å². The maximum absolute atomic E-state index is 14.5. The largest absolute Gasteiger partial charge is 0.339 e. The van der Waals surface area contributed by atoms with Crippen LogP contribution in [0, 0.1) is 18.8 Å². The molecular weight excluding hydrogens is 490 g/mol. The number of likely N-dealkylation sites (tertiary alicyclic amines) is 2. The molecule has 0 radical (unpaired) electrons. The molecule has 4 amide bonds. The fourth-order valence-electron chi connectivity index (χ4n) is 6.80. The van der Waals surface area contributed by atoms with Crippen molar-refractivity contribution in [2.24, 2.45) is 11.8 Å². The molecule has 0 aliphatic carbocycles. The summed E-state index contributed by atoms with van der Waals surface area (Å²) in [7, 11) is 0. The van der Waals surface area contributed by atoms with Gasteiger partial charge in [0.05, 0.1) is 24.4 Å². The molecule has 0 spiro atoms. The SMILES string of the molecule is CCN1C[C@@H]2[C@@H]3C(=O)N(Cc4ccccc4)C(=O)[C@@H]3[C@](Cc3ccccc3)(C1=O)N2C(=O)c1ccc(C)cc1. The van der Waals surface area contributed by atoms with Gasteiger partial charge in [0.2, 0.25) is 17.7 Å². The van der Waals surface area contributed by atoms with Gasteiger partial charge in [0.25, 0.3) is 5.91 Å². The molecule has 0 unspecified atom stereocenters. The maximum atomic E-state index is 14.5. The summed E-state index contributed by atoms with van der Waals surface area (Å²) < 4.78 is 0. The highest BCUT2D eigenvalue weighted by Crippen LogP contribution is 2.54. The molecule has 4 atom stereocenters. The van der Waals surface area contributed by atoms with Gasteiger partial charge in [-0.3, -0.25) is 24.1 Å². The number of benzene rings is 3. The number of imide groups is 1. The molecule has 0 N–H and O–H groups in total. The third-order valence-corrected chi connectivity index (χ3v) is 8.60. The zero-order chi connectivity index (χ0) is 27.3. The van der Waals surface area contributed by atoms with Gasteiger partial charge in [0.15, 0.2) is 0 Å². The van der Waals surface area contributed by atoms with Crippen molar-refractivity contribution in [3.05, 3.63) is 107 Å². The fourth-order valence-corrected chi connectivity index (χ4v) is 6.80. The Balaban J connectivity index is 1.51. The molecule has 3 saturated heterocycles. The predicted octanol–water partition coefficient (Wildman–Crippen LogP) is 3.46. The van der Waals surface area contributed by atoms with Gasteiger partial charge in [0.1, 0.15) is 5.54 Å². The van der Waals surface area contributed by atoms with Crippen LogP contribution in [-0.4, -0.2) is 63.0 Å². The Labute approximate surface area is 228 Å². The van der Waals surface area contributed by atoms with E-state index in [0.717, 1.165) is 16.7 Å². The summed E-state index contributed by atoms with van der Waals surface area (Å²) in [5, 5.41) is 0. The van der Waals surface area contributed by atoms with Gasteiger partial charge in [-0.15, -0.1) is 0 Å². The topological polar surface area (TPSA) is 78.0 Å². The predicted molar refractivity (Wildman–Crippen MR) is 145 cm³/mol. The summed E-state index contributed by atoms with van der Waals surface area (Å²) in [6.45, 7) is 4.65. The van der Waals surface area contributed by atoms with Gasteiger partial charge in [-0.2, -0.15) is 0 Å². The third-order valence-electron chi connectivity index (χ3n) is 8.60. The van der Waals surface area contributed by atoms with Crippen LogP contribution in [-0.2, 0) is 27.3 Å². The van der Waals surface area contributed by atoms with E-state index in [1.807, 2.05) is 86.6 Å². The first kappa shape index (κ1) is 25.0. The number of aryl methyl sites for hydroxylation is 1. The molecule has 3 aromatic carbocycles. The Bertz CT molecular complexity index is 1440. The normalized spacial score (nSPS) is 25.8. The zero-order valence-corrected chi connectivity index (χ0v) is 22.1. The van der Waals surface area contributed by atoms with Crippen molar-refractivity contribution in [3.8, 4) is 0 Å². The minimum absolute atomic E-state index is 0.150. The standard InChI is InChI=1S/C32H31N3O4/c1-3-33-20-25-26-27(30(38)34(29(26)37)19-23-12-8-5-9-13-23)32(31(33)39,18-22-10-6-4-7-11-22)35(25)28(36)24-16-14-21(2)15-17-24/h4-17,25-27H,3,18-20H2,1-2H3/t25-,26+,27-,32-/m1/s1. The molecule has 0 saturated carbocycles. The summed E-state index contributed by atoms with van der Waals surface area (Å²) in [5.41, 5.74) is 1.65. The third kappa shape index (κ3) is 3.79. The van der Waals surface area contributed by atoms with Crippen LogP contribution in [0.1, 0.15) is 34.0 Å². The summed E-state index contributed by atoms with van der Waals surface area (Å²) in [6.07, 6.45) is 0.163. The second-order valence-electron chi connectivity index (χ2n) is 10.8. The number of carbonyl (C=O) groups is 4. The molecule has 3 fully saturated rings. The number of nitrogens with zero attached hydrogens (tertiary/aromatic N) is 3. The van der Waals surface area contributed by atoms with E-state index < -0.39 is 23.4 Å². The van der Waals surface area contributed by atoms with Crippen LogP contribution >= 0.6 is 0 Å². The van der Waals surface area contributed by atoms with Crippen LogP contribution in [0.4, 0.5) is 0 Å². The Morgan fingerprint density at radius 1 is 0.846 bits per heavy atom. The van der Waals surface area contributed by atoms with Crippen molar-refractivity contribution < 1.29 is 19.2 Å². The molecule has 3 heterocycles. The molecule has 0 aromatic heterocycles. The Hall–Kier alpha value is -4.26. The van der Waals surface area contributed by atoms with Crippen LogP contribution < -0.4 is 0 Å². The van der Waals surface area contributed by atoms with E-state index in [0.29, 0.717) is 12.1 Å². The van der Waals surface area contributed by atoms with Crippen LogP contribution in [0.3, 0.4) is 0 Å². The van der Waals surface area contributed by atoms with Gasteiger partial charge in [-0.05, 0) is 37.1 Å². The van der Waals surface area contributed by atoms with Gasteiger partial charge >= 0.3 is 0 Å². The maximum Gasteiger partial charge on any atom is 0.255 e. The second-order valence-corrected chi connectivity index (χ2v) is 10.8. The first-order valence-corrected chi connectivity index (χ1v) is 13.5. The minimum atomic E-state index is -1.49. The number of carbonyl (C=O) groups excluding carboxylic acids is 4. The van der Waals surface area contributed by atoms with E-state index in [2.05, 4.69) is 0 Å². The number of piperazine rings is 1. The molecule has 198 valence electrons. The molecule has 3 aromatic rings. The van der Waals surface area contributed by atoms with E-state index in [4.69, 9.17) is 0 Å². The average molecular weight is 522 g/mol. The van der Waals surface area contributed by atoms with E-state index in [1.54, 1.807) is 21.9 Å². The highest BCUT2D eigenvalue weighted by Gasteiger charge is 2.75. The lowest BCUT2D eigenvalue weighted by molar-refractivity contribution is -0.156. The first-order valence-electron chi connectivity index (χ1n) is 13.5. The highest BCUT2D eigenvalue weighted by atomic mass is 16.2. The van der Waals surface area contributed by atoms with Crippen molar-refractivity contribution in [1.29, 1.82) is 0 Å². The lowest BCUT2D eigenvalue weighted by Crippen LogP contribution is -2.70. The summed E-state index contributed by atoms with van der Waals surface area (Å²) in [5.74, 6) is -2.98. The van der Waals surface area contributed by atoms with Crippen LogP contribution in [0.5, 0.6) is 0 Å². The number of likely N-dealkylation sites (N-methyl/N-ethyl adjacent to an activating group) is 1. The van der Waals surface area contributed by atoms with Gasteiger partial charge in [-0.1, -0.05) is 78.4 Å². The number of hydrogen-bond acceptors (Lipinski definition) is 4. The van der Waals surface area contributed by atoms with Gasteiger partial charge < -0.3 is 9.80 Å². The second kappa shape index (κ2) is 9.49. The van der Waals surface area contributed by atoms with Crippen LogP contribution in [0.15, 0.2) is 84.9 Å². The van der Waals surface area contributed by atoms with Crippen molar-refractivity contribution in [3.63, 3.8) is 0 Å². The number of amides is 4. The van der Waals surface area contributed by atoms with Crippen molar-refractivity contribution in [2.45, 2.75) is 38.4 Å². The summed E-state index contributed by atoms with van der Waals surface area (Å²) in [4.78, 5) is 61.6. The molecule has 7 heteroatoms. The molecule has 2 bridgehead atoms. The van der Waals surface area contributed by atoms with Crippen molar-refractivity contribution in [1.82, 2.24) is 14.7 Å². The van der Waals surface area contributed by atoms with Crippen LogP contribution in [0.25, 0.3) is 0 Å². The molecule has 6 rings (SSSR count). The Morgan fingerprint density at radius 2 is 1.46 bits per heavy atom. The first-order chi connectivity index (χ1) is 18.9. The smallest absolute Gasteiger partial charge is 0.255 e. The molecule has 3 aliphatic rings. The lowest BCUT2D eigenvalue weighted by atomic mass is 9.75. The molecule has 39 heavy (non-hydrogen) atoms. The summed E-state index contributed by atoms with van der Waals surface area (Å²) >= 11 is 0. The zero-order valence-electron chi connectivity index (χ0n) is 22.1. The Kier molecular flexibility index (Phi) is 6.09. The number of rotatable bonds is 6. The quantitative estimate of drug-likeness (QED) is 0.466. The van der Waals surface area contributed by atoms with E-state index in [-0.39, 0.29) is 43.1 Å². The van der Waals surface area contributed by atoms with Gasteiger partial charge in [0, 0.05) is 25.1 Å². The number of fused-ring (bicyclic) bond motifs is 5. The van der Waals surface area contributed by atoms with E-state index in [9.17, 15) is 19.2 Å². The Morgan fingerprint density at radius 3 is 2.08 bits per heavy atom. The highest BCUT2D eigenvalue weighted by molar-refractivity contribution is 6.13. The van der Waals surface area contributed by atoms with Crippen LogP contribution in [0.2, 0.25) is 0 Å². The molecule has 3 aliphatic heterocycles. The van der Waals surface area contributed by atoms with E-state index >= 15 is 0 Å². The van der Waals surface area contributed by atoms with Crippen molar-refractivity contribution >= 4 is 23.6 Å². The fraction of sp³-hybridized carbons (Fsp3) is 0.312. The van der Waals surface area contributed by atoms with E-state index in [1.165, 1.54) is 4.90 Å². The van der Waals surface area contributed by atoms with Gasteiger partial charge in [-0.25, -0.2) is 0 Å². The lowest BCUT2D eigenvalue weighted by Gasteiger charge is -2.49. The number of hydrogen-bond donors (Lipinski definition) is 0. The minimum Gasteiger partial charge on any atom is -0.339 e. The summed E-state index contributed by atoms with van der Waals surface area (Å²) in [6, 6.07) is 25.5. The monoisotopic (exact) mass is 521 g/mol. The molecule has 7 nitrogen and oxygen atoms in total.